The molecule has 1 heteroatoms. The fourth-order valence-corrected chi connectivity index (χ4v) is 1.40. The summed E-state index contributed by atoms with van der Waals surface area (Å²) in [6, 6.07) is 0. The molecule has 0 rings (SSSR count). The molecule has 0 fully saturated rings. The molecular formula is C13H26O. The Kier molecular flexibility index (Phi) is 10.5. The third kappa shape index (κ3) is 9.79. The summed E-state index contributed by atoms with van der Waals surface area (Å²) in [5, 5.41) is 9.28. The van der Waals surface area contributed by atoms with Crippen molar-refractivity contribution in [1.29, 1.82) is 0 Å². The van der Waals surface area contributed by atoms with Crippen LogP contribution < -0.4 is 0 Å². The lowest BCUT2D eigenvalue weighted by Crippen LogP contribution is -2.00. The van der Waals surface area contributed by atoms with E-state index in [0.717, 1.165) is 12.8 Å². The number of allylic oxidation sites excluding steroid dienone is 1. The Morgan fingerprint density at radius 3 is 2.36 bits per heavy atom. The van der Waals surface area contributed by atoms with E-state index in [4.69, 9.17) is 0 Å². The van der Waals surface area contributed by atoms with Crippen LogP contribution in [-0.2, 0) is 0 Å². The first-order chi connectivity index (χ1) is 6.81. The molecule has 84 valence electrons. The predicted octanol–water partition coefficient (Wildman–Crippen LogP) is 4.06. The summed E-state index contributed by atoms with van der Waals surface area (Å²) in [7, 11) is 0. The minimum absolute atomic E-state index is 0.133. The van der Waals surface area contributed by atoms with Gasteiger partial charge in [-0.25, -0.2) is 0 Å². The highest BCUT2D eigenvalue weighted by atomic mass is 16.3. The van der Waals surface area contributed by atoms with Crippen LogP contribution in [0.4, 0.5) is 0 Å². The number of hydrogen-bond acceptors (Lipinski definition) is 1. The number of aliphatic hydroxyl groups excluding tert-OH is 1. The summed E-state index contributed by atoms with van der Waals surface area (Å²) in [4.78, 5) is 0. The van der Waals surface area contributed by atoms with Crippen molar-refractivity contribution in [2.75, 3.05) is 0 Å². The van der Waals surface area contributed by atoms with Crippen molar-refractivity contribution in [3.05, 3.63) is 12.2 Å². The Labute approximate surface area is 89.2 Å². The van der Waals surface area contributed by atoms with Gasteiger partial charge in [-0.1, -0.05) is 51.7 Å². The first-order valence-corrected chi connectivity index (χ1v) is 6.14. The van der Waals surface area contributed by atoms with Crippen molar-refractivity contribution in [3.63, 3.8) is 0 Å². The second-order valence-electron chi connectivity index (χ2n) is 3.97. The molecular weight excluding hydrogens is 172 g/mol. The first-order valence-electron chi connectivity index (χ1n) is 6.14. The molecule has 0 amide bonds. The van der Waals surface area contributed by atoms with E-state index in [1.54, 1.807) is 0 Å². The molecule has 1 atom stereocenters. The van der Waals surface area contributed by atoms with E-state index in [-0.39, 0.29) is 6.10 Å². The van der Waals surface area contributed by atoms with Crippen molar-refractivity contribution in [2.45, 2.75) is 71.3 Å². The van der Waals surface area contributed by atoms with Crippen molar-refractivity contribution >= 4 is 0 Å². The van der Waals surface area contributed by atoms with Gasteiger partial charge in [0.1, 0.15) is 0 Å². The molecule has 0 radical (unpaired) electrons. The lowest BCUT2D eigenvalue weighted by atomic mass is 10.1. The van der Waals surface area contributed by atoms with Gasteiger partial charge in [-0.2, -0.15) is 0 Å². The summed E-state index contributed by atoms with van der Waals surface area (Å²) >= 11 is 0. The molecule has 1 unspecified atom stereocenters. The van der Waals surface area contributed by atoms with Gasteiger partial charge in [-0.3, -0.25) is 0 Å². The van der Waals surface area contributed by atoms with Crippen LogP contribution in [0.25, 0.3) is 0 Å². The summed E-state index contributed by atoms with van der Waals surface area (Å²) in [5.74, 6) is 0. The molecule has 0 saturated heterocycles. The van der Waals surface area contributed by atoms with Gasteiger partial charge in [0.15, 0.2) is 0 Å². The minimum atomic E-state index is -0.133. The maximum atomic E-state index is 9.28. The normalized spacial score (nSPS) is 13.6. The molecule has 0 aliphatic carbocycles. The molecule has 0 aromatic carbocycles. The van der Waals surface area contributed by atoms with Crippen molar-refractivity contribution in [3.8, 4) is 0 Å². The maximum Gasteiger partial charge on any atom is 0.0572 e. The molecule has 1 nitrogen and oxygen atoms in total. The van der Waals surface area contributed by atoms with Crippen molar-refractivity contribution < 1.29 is 5.11 Å². The van der Waals surface area contributed by atoms with Crippen LogP contribution in [0, 0.1) is 0 Å². The van der Waals surface area contributed by atoms with Crippen LogP contribution in [0.3, 0.4) is 0 Å². The highest BCUT2D eigenvalue weighted by Crippen LogP contribution is 2.06. The average molecular weight is 198 g/mol. The maximum absolute atomic E-state index is 9.28. The monoisotopic (exact) mass is 198 g/mol. The Morgan fingerprint density at radius 1 is 1.00 bits per heavy atom. The van der Waals surface area contributed by atoms with Gasteiger partial charge in [0.25, 0.3) is 0 Å². The molecule has 0 bridgehead atoms. The van der Waals surface area contributed by atoms with Gasteiger partial charge in [-0.15, -0.1) is 0 Å². The highest BCUT2D eigenvalue weighted by molar-refractivity contribution is 4.83. The average Bonchev–Trinajstić information content (AvgIpc) is 2.21. The Morgan fingerprint density at radius 2 is 1.71 bits per heavy atom. The smallest absolute Gasteiger partial charge is 0.0572 e. The Bertz CT molecular complexity index is 129. The fraction of sp³-hybridized carbons (Fsp3) is 0.846. The second-order valence-corrected chi connectivity index (χ2v) is 3.97. The molecule has 0 aromatic rings. The van der Waals surface area contributed by atoms with Gasteiger partial charge in [0.2, 0.25) is 0 Å². The first kappa shape index (κ1) is 13.7. The summed E-state index contributed by atoms with van der Waals surface area (Å²) in [6.07, 6.45) is 13.8. The predicted molar refractivity (Wildman–Crippen MR) is 63.4 cm³/mol. The van der Waals surface area contributed by atoms with E-state index in [0.29, 0.717) is 0 Å². The van der Waals surface area contributed by atoms with E-state index in [1.807, 2.05) is 6.92 Å². The van der Waals surface area contributed by atoms with Crippen LogP contribution in [0.1, 0.15) is 65.2 Å². The number of unbranched alkanes of at least 4 members (excludes halogenated alkanes) is 5. The fourth-order valence-electron chi connectivity index (χ4n) is 1.40. The number of aliphatic hydroxyl groups is 1. The third-order valence-corrected chi connectivity index (χ3v) is 2.52. The van der Waals surface area contributed by atoms with Crippen molar-refractivity contribution in [1.82, 2.24) is 0 Å². The van der Waals surface area contributed by atoms with Gasteiger partial charge >= 0.3 is 0 Å². The molecule has 0 aromatic heterocycles. The molecule has 0 saturated carbocycles. The van der Waals surface area contributed by atoms with E-state index in [1.165, 1.54) is 38.5 Å². The zero-order valence-corrected chi connectivity index (χ0v) is 9.84. The van der Waals surface area contributed by atoms with Gasteiger partial charge in [0, 0.05) is 0 Å². The van der Waals surface area contributed by atoms with E-state index in [2.05, 4.69) is 19.1 Å². The van der Waals surface area contributed by atoms with Crippen LogP contribution in [-0.4, -0.2) is 11.2 Å². The lowest BCUT2D eigenvalue weighted by molar-refractivity contribution is 0.173. The standard InChI is InChI=1S/C13H26O/c1-3-5-6-7-8-9-10-11-12-13(14)4-2/h10-11,13-14H,3-9,12H2,1-2H3/b11-10+. The van der Waals surface area contributed by atoms with Gasteiger partial charge in [0.05, 0.1) is 6.10 Å². The topological polar surface area (TPSA) is 20.2 Å². The Hall–Kier alpha value is -0.300. The van der Waals surface area contributed by atoms with Crippen molar-refractivity contribution in [2.24, 2.45) is 0 Å². The molecule has 0 aliphatic rings. The van der Waals surface area contributed by atoms with E-state index < -0.39 is 0 Å². The number of hydrogen-bond donors (Lipinski definition) is 1. The Balaban J connectivity index is 3.10. The lowest BCUT2D eigenvalue weighted by Gasteiger charge is -2.01. The molecule has 1 N–H and O–H groups in total. The largest absolute Gasteiger partial charge is 0.393 e. The molecule has 0 aliphatic heterocycles. The highest BCUT2D eigenvalue weighted by Gasteiger charge is 1.94. The van der Waals surface area contributed by atoms with Crippen LogP contribution >= 0.6 is 0 Å². The van der Waals surface area contributed by atoms with Gasteiger partial charge in [-0.05, 0) is 25.7 Å². The summed E-state index contributed by atoms with van der Waals surface area (Å²) in [5.41, 5.74) is 0. The number of rotatable bonds is 9. The van der Waals surface area contributed by atoms with Gasteiger partial charge < -0.3 is 5.11 Å². The minimum Gasteiger partial charge on any atom is -0.393 e. The quantitative estimate of drug-likeness (QED) is 0.437. The van der Waals surface area contributed by atoms with Crippen LogP contribution in [0.15, 0.2) is 12.2 Å². The third-order valence-electron chi connectivity index (χ3n) is 2.52. The van der Waals surface area contributed by atoms with Crippen LogP contribution in [0.5, 0.6) is 0 Å². The van der Waals surface area contributed by atoms with E-state index >= 15 is 0 Å². The second kappa shape index (κ2) is 10.8. The SMILES string of the molecule is CCCCCCC/C=C/CC(O)CC. The molecule has 0 spiro atoms. The zero-order chi connectivity index (χ0) is 10.6. The zero-order valence-electron chi connectivity index (χ0n) is 9.84. The molecule has 0 heterocycles. The summed E-state index contributed by atoms with van der Waals surface area (Å²) < 4.78 is 0. The van der Waals surface area contributed by atoms with E-state index in [9.17, 15) is 5.11 Å². The summed E-state index contributed by atoms with van der Waals surface area (Å²) in [6.45, 7) is 4.26. The van der Waals surface area contributed by atoms with Crippen LogP contribution in [0.2, 0.25) is 0 Å². The molecule has 14 heavy (non-hydrogen) atoms.